The zero-order chi connectivity index (χ0) is 40.3. The molecule has 6 N–H and O–H groups in total. The average molecular weight is 824 g/mol. The van der Waals surface area contributed by atoms with E-state index >= 15 is 0 Å². The summed E-state index contributed by atoms with van der Waals surface area (Å²) in [6.45, 7) is 8.00. The number of aromatic amines is 4. The maximum absolute atomic E-state index is 12.3. The van der Waals surface area contributed by atoms with Crippen molar-refractivity contribution in [3.63, 3.8) is 0 Å². The highest BCUT2D eigenvalue weighted by Gasteiger charge is 2.32. The van der Waals surface area contributed by atoms with Gasteiger partial charge in [0.15, 0.2) is 0 Å². The van der Waals surface area contributed by atoms with Crippen molar-refractivity contribution in [3.05, 3.63) is 94.9 Å². The van der Waals surface area contributed by atoms with Gasteiger partial charge in [-0.15, -0.1) is 22.7 Å². The zero-order valence-electron chi connectivity index (χ0n) is 33.6. The molecule has 302 valence electrons. The first-order chi connectivity index (χ1) is 28.8. The van der Waals surface area contributed by atoms with Gasteiger partial charge in [0, 0.05) is 65.9 Å². The van der Waals surface area contributed by atoms with E-state index in [1.807, 2.05) is 24.5 Å². The van der Waals surface area contributed by atoms with Gasteiger partial charge in [-0.2, -0.15) is 10.2 Å². The number of fused-ring (bicyclic) bond motifs is 4. The van der Waals surface area contributed by atoms with Gasteiger partial charge in [-0.25, -0.2) is 0 Å². The first-order valence-electron chi connectivity index (χ1n) is 20.7. The summed E-state index contributed by atoms with van der Waals surface area (Å²) in [5.41, 5.74) is 10.9. The van der Waals surface area contributed by atoms with Gasteiger partial charge in [0.05, 0.1) is 48.7 Å². The fraction of sp³-hybridized carbons (Fsp3) is 0.326. The predicted molar refractivity (Wildman–Crippen MR) is 242 cm³/mol. The summed E-state index contributed by atoms with van der Waals surface area (Å²) in [4.78, 5) is 16.6. The Morgan fingerprint density at radius 2 is 1.20 bits per heavy atom. The van der Waals surface area contributed by atoms with E-state index in [2.05, 4.69) is 115 Å². The summed E-state index contributed by atoms with van der Waals surface area (Å²) in [5, 5.41) is 46.8. The number of benzene rings is 2. The lowest BCUT2D eigenvalue weighted by Crippen LogP contribution is -2.44. The molecule has 11 nitrogen and oxygen atoms in total. The molecule has 2 atom stereocenters. The monoisotopic (exact) mass is 823 g/mol. The van der Waals surface area contributed by atoms with Crippen LogP contribution in [0.4, 0.5) is 5.69 Å². The number of rotatable bonds is 13. The van der Waals surface area contributed by atoms with Crippen molar-refractivity contribution >= 4 is 70.6 Å². The molecular formula is C46H49N9O2S2. The second-order valence-electron chi connectivity index (χ2n) is 16.2. The highest BCUT2D eigenvalue weighted by Crippen LogP contribution is 2.45. The summed E-state index contributed by atoms with van der Waals surface area (Å²) >= 11 is 3.37. The fourth-order valence-corrected chi connectivity index (χ4v) is 10.9. The topological polar surface area (TPSA) is 149 Å². The average Bonchev–Trinajstić information content (AvgIpc) is 4.12. The Kier molecular flexibility index (Phi) is 9.68. The third-order valence-electron chi connectivity index (χ3n) is 12.8. The van der Waals surface area contributed by atoms with Crippen molar-refractivity contribution in [2.45, 2.75) is 63.6 Å². The Morgan fingerprint density at radius 3 is 1.80 bits per heavy atom. The van der Waals surface area contributed by atoms with Crippen LogP contribution in [0.25, 0.3) is 76.1 Å². The SMILES string of the molecule is CCC(O)(CCCCC(O)(CC)c1ccc2c(N3CCN(C)CC3)c(-c3n[nH]c4ccsc34)[nH]c2c1)c1ccc2c(-c3ccncc3)c(-c3n[nH]c4ccsc34)[nH]c2c1. The van der Waals surface area contributed by atoms with Gasteiger partial charge in [0.2, 0.25) is 0 Å². The minimum absolute atomic E-state index is 0.575. The second-order valence-corrected chi connectivity index (χ2v) is 18.1. The van der Waals surface area contributed by atoms with Crippen LogP contribution in [0, 0.1) is 0 Å². The number of hydrogen-bond donors (Lipinski definition) is 6. The van der Waals surface area contributed by atoms with E-state index < -0.39 is 11.2 Å². The number of pyridine rings is 1. The minimum atomic E-state index is -1.02. The quantitative estimate of drug-likeness (QED) is 0.0634. The number of unbranched alkanes of at least 4 members (excludes halogenated alkanes) is 1. The lowest BCUT2D eigenvalue weighted by atomic mass is 9.82. The van der Waals surface area contributed by atoms with Gasteiger partial charge in [-0.05, 0) is 96.6 Å². The number of H-pyrrole nitrogens is 4. The number of anilines is 1. The molecular weight excluding hydrogens is 775 g/mol. The Bertz CT molecular complexity index is 2910. The van der Waals surface area contributed by atoms with Crippen molar-refractivity contribution in [2.75, 3.05) is 38.1 Å². The molecule has 2 aromatic carbocycles. The molecule has 0 amide bonds. The maximum Gasteiger partial charge on any atom is 0.128 e. The van der Waals surface area contributed by atoms with Gasteiger partial charge in [-0.3, -0.25) is 15.2 Å². The third-order valence-corrected chi connectivity index (χ3v) is 14.7. The van der Waals surface area contributed by atoms with Gasteiger partial charge in [0.1, 0.15) is 11.4 Å². The van der Waals surface area contributed by atoms with Gasteiger partial charge >= 0.3 is 0 Å². The molecule has 0 saturated carbocycles. The fourth-order valence-electron chi connectivity index (χ4n) is 9.20. The Morgan fingerprint density at radius 1 is 0.661 bits per heavy atom. The molecule has 0 aliphatic carbocycles. The van der Waals surface area contributed by atoms with Crippen molar-refractivity contribution < 1.29 is 10.2 Å². The minimum Gasteiger partial charge on any atom is -0.385 e. The van der Waals surface area contributed by atoms with Crippen molar-refractivity contribution in [3.8, 4) is 33.9 Å². The molecule has 1 fully saturated rings. The highest BCUT2D eigenvalue weighted by molar-refractivity contribution is 7.18. The highest BCUT2D eigenvalue weighted by atomic mass is 32.1. The first kappa shape index (κ1) is 37.9. The molecule has 9 aromatic rings. The van der Waals surface area contributed by atoms with Gasteiger partial charge < -0.3 is 30.0 Å². The molecule has 1 saturated heterocycles. The smallest absolute Gasteiger partial charge is 0.128 e. The molecule has 0 spiro atoms. The van der Waals surface area contributed by atoms with E-state index in [1.165, 1.54) is 5.69 Å². The van der Waals surface area contributed by atoms with E-state index in [0.29, 0.717) is 25.7 Å². The van der Waals surface area contributed by atoms with E-state index in [9.17, 15) is 10.2 Å². The van der Waals surface area contributed by atoms with E-state index in [-0.39, 0.29) is 0 Å². The zero-order valence-corrected chi connectivity index (χ0v) is 35.2. The van der Waals surface area contributed by atoms with Crippen LogP contribution in [-0.4, -0.2) is 83.7 Å². The molecule has 13 heteroatoms. The normalized spacial score (nSPS) is 16.2. The molecule has 0 bridgehead atoms. The van der Waals surface area contributed by atoms with Crippen molar-refractivity contribution in [1.82, 2.24) is 40.2 Å². The summed E-state index contributed by atoms with van der Waals surface area (Å²) in [6.07, 6.45) is 7.52. The summed E-state index contributed by atoms with van der Waals surface area (Å²) < 4.78 is 2.25. The van der Waals surface area contributed by atoms with E-state index in [4.69, 9.17) is 10.2 Å². The summed E-state index contributed by atoms with van der Waals surface area (Å²) in [5.74, 6) is 0. The molecule has 8 heterocycles. The standard InChI is InChI=1S/C46H49N9O2S2/c1-4-45(56,29-8-10-31-35(26-29)48-38(37(31)28-12-18-47-19-13-28)40-43-33(50-52-40)14-24-58-43)16-6-7-17-46(57,5-2)30-9-11-32-36(27-30)49-39(41-44-34(51-53-41)15-25-59-44)42(32)55-22-20-54(3)21-23-55/h8-15,18-19,24-27,48-49,56-57H,4-7,16-17,20-23H2,1-3H3,(H,50,52)(H,51,53). The summed E-state index contributed by atoms with van der Waals surface area (Å²) in [6, 6.07) is 20.9. The molecule has 2 unspecified atom stereocenters. The number of nitrogens with one attached hydrogen (secondary N) is 4. The molecule has 1 aliphatic rings. The molecule has 10 rings (SSSR count). The Balaban J connectivity index is 0.902. The third kappa shape index (κ3) is 6.56. The molecule has 59 heavy (non-hydrogen) atoms. The van der Waals surface area contributed by atoms with Crippen LogP contribution < -0.4 is 4.90 Å². The van der Waals surface area contributed by atoms with Gasteiger partial charge in [0.25, 0.3) is 0 Å². The Hall–Kier alpha value is -5.31. The largest absolute Gasteiger partial charge is 0.385 e. The number of hydrogen-bond acceptors (Lipinski definition) is 9. The van der Waals surface area contributed by atoms with Crippen LogP contribution in [-0.2, 0) is 11.2 Å². The van der Waals surface area contributed by atoms with Crippen LogP contribution in [0.1, 0.15) is 63.5 Å². The molecule has 7 aromatic heterocycles. The number of piperazine rings is 1. The van der Waals surface area contributed by atoms with Crippen LogP contribution in [0.2, 0.25) is 0 Å². The van der Waals surface area contributed by atoms with Crippen LogP contribution in [0.5, 0.6) is 0 Å². The van der Waals surface area contributed by atoms with Crippen LogP contribution in [0.3, 0.4) is 0 Å². The Labute approximate surface area is 350 Å². The van der Waals surface area contributed by atoms with E-state index in [0.717, 1.165) is 126 Å². The van der Waals surface area contributed by atoms with Gasteiger partial charge in [-0.1, -0.05) is 51.0 Å². The number of likely N-dealkylation sites (N-methyl/N-ethyl adjacent to an activating group) is 1. The predicted octanol–water partition coefficient (Wildman–Crippen LogP) is 10.1. The maximum atomic E-state index is 12.3. The van der Waals surface area contributed by atoms with E-state index in [1.54, 1.807) is 22.7 Å². The van der Waals surface area contributed by atoms with Crippen molar-refractivity contribution in [2.24, 2.45) is 0 Å². The molecule has 0 radical (unpaired) electrons. The molecule has 1 aliphatic heterocycles. The van der Waals surface area contributed by atoms with Crippen LogP contribution >= 0.6 is 22.7 Å². The van der Waals surface area contributed by atoms with Crippen molar-refractivity contribution in [1.29, 1.82) is 0 Å². The number of nitrogens with zero attached hydrogens (tertiary/aromatic N) is 5. The first-order valence-corrected chi connectivity index (χ1v) is 22.5. The van der Waals surface area contributed by atoms with Crippen LogP contribution in [0.15, 0.2) is 83.8 Å². The second kappa shape index (κ2) is 15.1. The summed E-state index contributed by atoms with van der Waals surface area (Å²) in [7, 11) is 2.18. The lowest BCUT2D eigenvalue weighted by Gasteiger charge is -2.34. The number of thiophene rings is 2. The number of aliphatic hydroxyl groups is 2. The lowest BCUT2D eigenvalue weighted by molar-refractivity contribution is 0.00641. The number of aromatic nitrogens is 7.